The summed E-state index contributed by atoms with van der Waals surface area (Å²) in [5, 5.41) is 0. The summed E-state index contributed by atoms with van der Waals surface area (Å²) in [4.78, 5) is 10.7. The van der Waals surface area contributed by atoms with Gasteiger partial charge in [0.15, 0.2) is 0 Å². The zero-order chi connectivity index (χ0) is 13.2. The Morgan fingerprint density at radius 1 is 1.35 bits per heavy atom. The number of halogens is 3. The molecule has 2 nitrogen and oxygen atoms in total. The molecule has 1 aromatic rings. The van der Waals surface area contributed by atoms with Crippen LogP contribution in [-0.2, 0) is 11.0 Å². The van der Waals surface area contributed by atoms with E-state index < -0.39 is 17.7 Å². The van der Waals surface area contributed by atoms with E-state index in [1.165, 1.54) is 6.07 Å². The summed E-state index contributed by atoms with van der Waals surface area (Å²) in [6.45, 7) is 6.44. The molecule has 1 radical (unpaired) electrons. The van der Waals surface area contributed by atoms with Crippen LogP contribution in [0.5, 0.6) is 5.75 Å². The third-order valence-electron chi connectivity index (χ3n) is 2.09. The maximum Gasteiger partial charge on any atom is 0.416 e. The Bertz CT molecular complexity index is 422. The van der Waals surface area contributed by atoms with E-state index in [-0.39, 0.29) is 11.7 Å². The summed E-state index contributed by atoms with van der Waals surface area (Å²) in [5.74, 6) is -1.10. The second-order valence-corrected chi connectivity index (χ2v) is 3.78. The van der Waals surface area contributed by atoms with Gasteiger partial charge in [-0.2, -0.15) is 13.2 Å². The highest BCUT2D eigenvalue weighted by Gasteiger charge is 2.31. The molecule has 1 unspecified atom stereocenters. The van der Waals surface area contributed by atoms with Crippen LogP contribution in [0.15, 0.2) is 18.2 Å². The van der Waals surface area contributed by atoms with Gasteiger partial charge in [-0.05, 0) is 36.6 Å². The number of hydrogen-bond acceptors (Lipinski definition) is 2. The van der Waals surface area contributed by atoms with Crippen molar-refractivity contribution in [3.05, 3.63) is 36.2 Å². The lowest BCUT2D eigenvalue weighted by Gasteiger charge is -2.13. The molecule has 0 aliphatic heterocycles. The minimum absolute atomic E-state index is 0.113. The van der Waals surface area contributed by atoms with E-state index in [4.69, 9.17) is 0 Å². The fraction of sp³-hybridized carbons (Fsp3) is 0.333. The van der Waals surface area contributed by atoms with Crippen LogP contribution in [-0.4, -0.2) is 5.97 Å². The summed E-state index contributed by atoms with van der Waals surface area (Å²) < 4.78 is 42.4. The van der Waals surface area contributed by atoms with Gasteiger partial charge < -0.3 is 4.74 Å². The minimum Gasteiger partial charge on any atom is -0.427 e. The predicted molar refractivity (Wildman–Crippen MR) is 56.5 cm³/mol. The van der Waals surface area contributed by atoms with Gasteiger partial charge in [0.25, 0.3) is 0 Å². The Kier molecular flexibility index (Phi) is 3.80. The number of esters is 1. The average Bonchev–Trinajstić information content (AvgIpc) is 2.14. The van der Waals surface area contributed by atoms with Crippen LogP contribution in [0, 0.1) is 6.92 Å². The first-order valence-electron chi connectivity index (χ1n) is 4.94. The van der Waals surface area contributed by atoms with Crippen LogP contribution in [0.4, 0.5) is 13.2 Å². The highest BCUT2D eigenvalue weighted by atomic mass is 19.4. The molecule has 1 aromatic carbocycles. The molecule has 0 spiro atoms. The van der Waals surface area contributed by atoms with E-state index >= 15 is 0 Å². The molecule has 0 saturated carbocycles. The van der Waals surface area contributed by atoms with Crippen LogP contribution in [0.25, 0.3) is 0 Å². The third-order valence-corrected chi connectivity index (χ3v) is 2.09. The lowest BCUT2D eigenvalue weighted by atomic mass is 10.00. The van der Waals surface area contributed by atoms with Crippen molar-refractivity contribution in [3.8, 4) is 5.75 Å². The molecule has 0 amide bonds. The first-order valence-corrected chi connectivity index (χ1v) is 4.94. The lowest BCUT2D eigenvalue weighted by Crippen LogP contribution is -2.08. The number of ether oxygens (including phenoxy) is 1. The number of alkyl halides is 3. The van der Waals surface area contributed by atoms with E-state index in [9.17, 15) is 18.0 Å². The van der Waals surface area contributed by atoms with Crippen molar-refractivity contribution in [1.82, 2.24) is 0 Å². The van der Waals surface area contributed by atoms with E-state index in [2.05, 4.69) is 11.7 Å². The Morgan fingerprint density at radius 3 is 2.35 bits per heavy atom. The minimum atomic E-state index is -4.47. The summed E-state index contributed by atoms with van der Waals surface area (Å²) in [6, 6.07) is 3.19. The number of carbonyl (C=O) groups excluding carboxylic acids is 1. The van der Waals surface area contributed by atoms with Crippen LogP contribution >= 0.6 is 0 Å². The third kappa shape index (κ3) is 3.76. The van der Waals surface area contributed by atoms with Crippen LogP contribution in [0.1, 0.15) is 30.9 Å². The molecular weight excluding hydrogens is 233 g/mol. The number of hydrogen-bond donors (Lipinski definition) is 0. The fourth-order valence-corrected chi connectivity index (χ4v) is 1.30. The summed E-state index contributed by atoms with van der Waals surface area (Å²) in [6.07, 6.45) is -4.47. The summed E-state index contributed by atoms with van der Waals surface area (Å²) in [5.41, 5.74) is -0.474. The average molecular weight is 245 g/mol. The van der Waals surface area contributed by atoms with Crippen LogP contribution in [0.3, 0.4) is 0 Å². The molecule has 17 heavy (non-hydrogen) atoms. The SMILES string of the molecule is [CH2]C(C)c1cc(OC(C)=O)cc(C(F)(F)F)c1. The van der Waals surface area contributed by atoms with Crippen LogP contribution in [0.2, 0.25) is 0 Å². The van der Waals surface area contributed by atoms with Crippen molar-refractivity contribution >= 4 is 5.97 Å². The van der Waals surface area contributed by atoms with Crippen molar-refractivity contribution in [2.24, 2.45) is 0 Å². The van der Waals surface area contributed by atoms with Crippen LogP contribution < -0.4 is 4.74 Å². The van der Waals surface area contributed by atoms with Crippen molar-refractivity contribution < 1.29 is 22.7 Å². The zero-order valence-corrected chi connectivity index (χ0v) is 9.47. The second-order valence-electron chi connectivity index (χ2n) is 3.78. The van der Waals surface area contributed by atoms with E-state index in [1.807, 2.05) is 0 Å². The van der Waals surface area contributed by atoms with Gasteiger partial charge in [0.1, 0.15) is 5.75 Å². The van der Waals surface area contributed by atoms with Gasteiger partial charge in [-0.15, -0.1) is 0 Å². The van der Waals surface area contributed by atoms with Gasteiger partial charge in [0, 0.05) is 6.92 Å². The van der Waals surface area contributed by atoms with Gasteiger partial charge in [0.2, 0.25) is 0 Å². The highest BCUT2D eigenvalue weighted by molar-refractivity contribution is 5.69. The summed E-state index contributed by atoms with van der Waals surface area (Å²) in [7, 11) is 0. The van der Waals surface area contributed by atoms with E-state index in [0.29, 0.717) is 5.56 Å². The standard InChI is InChI=1S/C12H12F3O2/c1-7(2)9-4-10(12(13,14)15)6-11(5-9)17-8(3)16/h4-7H,1H2,2-3H3. The largest absolute Gasteiger partial charge is 0.427 e. The lowest BCUT2D eigenvalue weighted by molar-refractivity contribution is -0.138. The molecule has 0 saturated heterocycles. The van der Waals surface area contributed by atoms with Gasteiger partial charge in [-0.1, -0.05) is 6.92 Å². The van der Waals surface area contributed by atoms with Crippen molar-refractivity contribution in [2.75, 3.05) is 0 Å². The number of rotatable bonds is 2. The molecule has 93 valence electrons. The maximum absolute atomic E-state index is 12.6. The van der Waals surface area contributed by atoms with Gasteiger partial charge in [-0.3, -0.25) is 4.79 Å². The number of carbonyl (C=O) groups is 1. The molecular formula is C12H12F3O2. The Labute approximate surface area is 97.4 Å². The Morgan fingerprint density at radius 2 is 1.94 bits per heavy atom. The zero-order valence-electron chi connectivity index (χ0n) is 9.47. The summed E-state index contributed by atoms with van der Waals surface area (Å²) >= 11 is 0. The fourth-order valence-electron chi connectivity index (χ4n) is 1.30. The highest BCUT2D eigenvalue weighted by Crippen LogP contribution is 2.34. The first-order chi connectivity index (χ1) is 7.70. The molecule has 0 bridgehead atoms. The Balaban J connectivity index is 3.23. The van der Waals surface area contributed by atoms with Gasteiger partial charge in [-0.25, -0.2) is 0 Å². The van der Waals surface area contributed by atoms with Gasteiger partial charge in [0.05, 0.1) is 5.56 Å². The van der Waals surface area contributed by atoms with Crippen molar-refractivity contribution in [2.45, 2.75) is 25.9 Å². The van der Waals surface area contributed by atoms with Crippen molar-refractivity contribution in [3.63, 3.8) is 0 Å². The number of benzene rings is 1. The molecule has 1 atom stereocenters. The first kappa shape index (κ1) is 13.5. The quantitative estimate of drug-likeness (QED) is 0.588. The molecule has 0 N–H and O–H groups in total. The molecule has 5 heteroatoms. The molecule has 0 fully saturated rings. The van der Waals surface area contributed by atoms with E-state index in [0.717, 1.165) is 19.1 Å². The molecule has 1 rings (SSSR count). The molecule has 0 aliphatic carbocycles. The maximum atomic E-state index is 12.6. The smallest absolute Gasteiger partial charge is 0.416 e. The van der Waals surface area contributed by atoms with E-state index in [1.54, 1.807) is 6.92 Å². The second kappa shape index (κ2) is 4.77. The predicted octanol–water partition coefficient (Wildman–Crippen LogP) is 3.57. The molecule has 0 aromatic heterocycles. The molecule has 0 aliphatic rings. The van der Waals surface area contributed by atoms with Crippen molar-refractivity contribution in [1.29, 1.82) is 0 Å². The topological polar surface area (TPSA) is 26.3 Å². The normalized spacial score (nSPS) is 11.7. The van der Waals surface area contributed by atoms with Gasteiger partial charge >= 0.3 is 12.1 Å². The Hall–Kier alpha value is -1.52. The molecule has 0 heterocycles. The monoisotopic (exact) mass is 245 g/mol.